The molecule has 4 rings (SSSR count). The van der Waals surface area contributed by atoms with Crippen LogP contribution < -0.4 is 0 Å². The van der Waals surface area contributed by atoms with Crippen molar-refractivity contribution in [2.75, 3.05) is 19.5 Å². The molecule has 0 saturated carbocycles. The molecule has 27 heavy (non-hydrogen) atoms. The normalized spacial score (nSPS) is 12.5. The van der Waals surface area contributed by atoms with Gasteiger partial charge in [0, 0.05) is 42.8 Å². The molecule has 10 heteroatoms. The molecule has 0 aliphatic carbocycles. The van der Waals surface area contributed by atoms with Crippen molar-refractivity contribution in [1.82, 2.24) is 34.9 Å². The van der Waals surface area contributed by atoms with Gasteiger partial charge < -0.3 is 4.74 Å². The van der Waals surface area contributed by atoms with E-state index in [9.17, 15) is 4.21 Å². The van der Waals surface area contributed by atoms with Gasteiger partial charge in [-0.1, -0.05) is 0 Å². The first kappa shape index (κ1) is 17.4. The first-order chi connectivity index (χ1) is 13.3. The molecular formula is C17H17N7O2S. The van der Waals surface area contributed by atoms with Gasteiger partial charge >= 0.3 is 0 Å². The molecule has 9 nitrogen and oxygen atoms in total. The highest BCUT2D eigenvalue weighted by molar-refractivity contribution is 7.85. The number of aromatic nitrogens is 7. The van der Waals surface area contributed by atoms with Crippen molar-refractivity contribution in [2.45, 2.75) is 11.3 Å². The predicted octanol–water partition coefficient (Wildman–Crippen LogP) is 1.74. The van der Waals surface area contributed by atoms with E-state index in [1.807, 2.05) is 12.1 Å². The van der Waals surface area contributed by atoms with Gasteiger partial charge in [-0.25, -0.2) is 14.6 Å². The Morgan fingerprint density at radius 3 is 2.93 bits per heavy atom. The quantitative estimate of drug-likeness (QED) is 0.484. The second-order valence-electron chi connectivity index (χ2n) is 5.80. The van der Waals surface area contributed by atoms with Gasteiger partial charge in [0.1, 0.15) is 6.33 Å². The fraction of sp³-hybridized carbons (Fsp3) is 0.235. The highest BCUT2D eigenvalue weighted by atomic mass is 32.2. The largest absolute Gasteiger partial charge is 0.385 e. The number of ether oxygens (including phenoxy) is 1. The lowest BCUT2D eigenvalue weighted by Gasteiger charge is -2.05. The lowest BCUT2D eigenvalue weighted by Crippen LogP contribution is -2.03. The van der Waals surface area contributed by atoms with E-state index in [-0.39, 0.29) is 0 Å². The number of nitrogens with one attached hydrogen (secondary N) is 1. The smallest absolute Gasteiger partial charge is 0.163 e. The fourth-order valence-electron chi connectivity index (χ4n) is 2.68. The van der Waals surface area contributed by atoms with Crippen LogP contribution in [0.1, 0.15) is 6.42 Å². The summed E-state index contributed by atoms with van der Waals surface area (Å²) in [5.74, 6) is 1.17. The molecule has 0 aliphatic rings. The predicted molar refractivity (Wildman–Crippen MR) is 99.8 cm³/mol. The molecule has 0 aromatic carbocycles. The highest BCUT2D eigenvalue weighted by Gasteiger charge is 2.12. The summed E-state index contributed by atoms with van der Waals surface area (Å²) in [7, 11) is 0.525. The minimum absolute atomic E-state index is 0.540. The zero-order valence-electron chi connectivity index (χ0n) is 14.6. The molecule has 0 fully saturated rings. The van der Waals surface area contributed by atoms with E-state index >= 15 is 0 Å². The van der Waals surface area contributed by atoms with Crippen LogP contribution in [-0.4, -0.2) is 58.6 Å². The Bertz CT molecular complexity index is 1080. The van der Waals surface area contributed by atoms with Crippen molar-refractivity contribution in [3.05, 3.63) is 43.2 Å². The Balaban J connectivity index is 1.64. The minimum Gasteiger partial charge on any atom is -0.385 e. The van der Waals surface area contributed by atoms with Crippen LogP contribution in [0.2, 0.25) is 0 Å². The van der Waals surface area contributed by atoms with Gasteiger partial charge in [-0.2, -0.15) is 10.2 Å². The molecule has 1 N–H and O–H groups in total. The van der Waals surface area contributed by atoms with Crippen LogP contribution in [0.5, 0.6) is 0 Å². The van der Waals surface area contributed by atoms with E-state index in [0.717, 1.165) is 23.1 Å². The number of nitrogens with zero attached hydrogens (tertiary/aromatic N) is 6. The number of hydrogen-bond donors (Lipinski definition) is 1. The van der Waals surface area contributed by atoms with Crippen LogP contribution in [0.4, 0.5) is 0 Å². The Morgan fingerprint density at radius 2 is 2.11 bits per heavy atom. The Labute approximate surface area is 157 Å². The average Bonchev–Trinajstić information content (AvgIpc) is 3.37. The summed E-state index contributed by atoms with van der Waals surface area (Å²) in [5, 5.41) is 11.9. The molecule has 4 heterocycles. The molecule has 138 valence electrons. The monoisotopic (exact) mass is 383 g/mol. The number of hydrogen-bond acceptors (Lipinski definition) is 7. The molecule has 1 atom stereocenters. The molecule has 0 radical (unpaired) electrons. The van der Waals surface area contributed by atoms with Crippen molar-refractivity contribution in [1.29, 1.82) is 0 Å². The maximum absolute atomic E-state index is 12.4. The first-order valence-corrected chi connectivity index (χ1v) is 9.60. The lowest BCUT2D eigenvalue weighted by molar-refractivity contribution is 0.200. The third kappa shape index (κ3) is 3.62. The van der Waals surface area contributed by atoms with Crippen LogP contribution in [-0.2, 0) is 15.5 Å². The number of aromatic amines is 1. The first-order valence-electron chi connectivity index (χ1n) is 8.28. The van der Waals surface area contributed by atoms with Gasteiger partial charge in [-0.15, -0.1) is 0 Å². The van der Waals surface area contributed by atoms with Gasteiger partial charge in [-0.05, 0) is 18.6 Å². The summed E-state index contributed by atoms with van der Waals surface area (Å²) in [6.07, 6.45) is 8.92. The van der Waals surface area contributed by atoms with E-state index in [0.29, 0.717) is 28.7 Å². The Hall–Kier alpha value is -2.98. The van der Waals surface area contributed by atoms with Gasteiger partial charge in [0.15, 0.2) is 11.5 Å². The van der Waals surface area contributed by atoms with Crippen molar-refractivity contribution >= 4 is 21.8 Å². The third-order valence-electron chi connectivity index (χ3n) is 3.98. The molecule has 0 unspecified atom stereocenters. The van der Waals surface area contributed by atoms with E-state index in [1.165, 1.54) is 6.33 Å². The number of H-pyrrole nitrogens is 1. The topological polar surface area (TPSA) is 111 Å². The molecule has 4 aromatic heterocycles. The lowest BCUT2D eigenvalue weighted by atomic mass is 10.2. The summed E-state index contributed by atoms with van der Waals surface area (Å²) in [6, 6.07) is 3.76. The van der Waals surface area contributed by atoms with E-state index in [1.54, 1.807) is 36.6 Å². The van der Waals surface area contributed by atoms with Crippen LogP contribution in [0.3, 0.4) is 0 Å². The maximum atomic E-state index is 12.4. The van der Waals surface area contributed by atoms with Crippen LogP contribution in [0.25, 0.3) is 28.1 Å². The van der Waals surface area contributed by atoms with E-state index < -0.39 is 10.8 Å². The van der Waals surface area contributed by atoms with Crippen molar-refractivity contribution in [3.63, 3.8) is 0 Å². The summed E-state index contributed by atoms with van der Waals surface area (Å²) in [5.41, 5.74) is 2.22. The highest BCUT2D eigenvalue weighted by Crippen LogP contribution is 2.21. The van der Waals surface area contributed by atoms with Gasteiger partial charge in [-0.3, -0.25) is 14.3 Å². The Morgan fingerprint density at radius 1 is 1.19 bits per heavy atom. The summed E-state index contributed by atoms with van der Waals surface area (Å²) in [4.78, 5) is 13.6. The summed E-state index contributed by atoms with van der Waals surface area (Å²) >= 11 is 0. The molecule has 0 spiro atoms. The molecule has 4 aromatic rings. The van der Waals surface area contributed by atoms with Crippen molar-refractivity contribution < 1.29 is 8.95 Å². The zero-order valence-corrected chi connectivity index (χ0v) is 15.4. The van der Waals surface area contributed by atoms with Crippen molar-refractivity contribution in [2.24, 2.45) is 0 Å². The third-order valence-corrected chi connectivity index (χ3v) is 5.39. The Kier molecular flexibility index (Phi) is 4.99. The average molecular weight is 383 g/mol. The molecule has 0 bridgehead atoms. The summed E-state index contributed by atoms with van der Waals surface area (Å²) in [6.45, 7) is 0.591. The molecule has 0 aliphatic heterocycles. The SMILES string of the molecule is COCCC[S@](=O)c1cnc2c(cnn2-c2cncc(-c3ncn[nH]3)c2)c1. The molecular weight excluding hydrogens is 366 g/mol. The number of fused-ring (bicyclic) bond motifs is 1. The van der Waals surface area contributed by atoms with E-state index in [2.05, 4.69) is 30.2 Å². The van der Waals surface area contributed by atoms with Crippen molar-refractivity contribution in [3.8, 4) is 17.1 Å². The standard InChI is InChI=1S/C17H17N7O2S/c1-26-3-2-4-27(25)15-6-13-8-22-24(17(13)19-10-15)14-5-12(7-18-9-14)16-20-11-21-23-16/h5-11H,2-4H2,1H3,(H,20,21,23)/t27-/m0/s1. The summed E-state index contributed by atoms with van der Waals surface area (Å²) < 4.78 is 19.1. The minimum atomic E-state index is -1.11. The molecule has 0 saturated heterocycles. The zero-order chi connectivity index (χ0) is 18.6. The molecule has 0 amide bonds. The van der Waals surface area contributed by atoms with Gasteiger partial charge in [0.2, 0.25) is 0 Å². The second kappa shape index (κ2) is 7.72. The van der Waals surface area contributed by atoms with Crippen LogP contribution in [0, 0.1) is 0 Å². The maximum Gasteiger partial charge on any atom is 0.163 e. The number of methoxy groups -OCH3 is 1. The van der Waals surface area contributed by atoms with E-state index in [4.69, 9.17) is 4.74 Å². The van der Waals surface area contributed by atoms with Crippen LogP contribution in [0.15, 0.2) is 48.1 Å². The van der Waals surface area contributed by atoms with Gasteiger partial charge in [0.25, 0.3) is 0 Å². The van der Waals surface area contributed by atoms with Crippen LogP contribution >= 0.6 is 0 Å². The van der Waals surface area contributed by atoms with Gasteiger partial charge in [0.05, 0.1) is 33.8 Å². The number of pyridine rings is 2. The second-order valence-corrected chi connectivity index (χ2v) is 7.37. The number of rotatable bonds is 7. The fourth-order valence-corrected chi connectivity index (χ4v) is 3.73.